The van der Waals surface area contributed by atoms with Crippen molar-refractivity contribution in [1.82, 2.24) is 4.31 Å². The van der Waals surface area contributed by atoms with E-state index < -0.39 is 21.8 Å². The molecule has 3 rings (SSSR count). The van der Waals surface area contributed by atoms with Crippen molar-refractivity contribution in [2.24, 2.45) is 0 Å². The van der Waals surface area contributed by atoms with Crippen LogP contribution in [0.4, 0.5) is 18.9 Å². The number of anilines is 1. The van der Waals surface area contributed by atoms with Crippen LogP contribution in [0.3, 0.4) is 0 Å². The molecule has 0 atom stereocenters. The Kier molecular flexibility index (Phi) is 4.58. The number of benzene rings is 1. The molecule has 0 bridgehead atoms. The van der Waals surface area contributed by atoms with Crippen molar-refractivity contribution in [1.29, 1.82) is 0 Å². The van der Waals surface area contributed by atoms with Gasteiger partial charge in [0.1, 0.15) is 4.21 Å². The predicted octanol–water partition coefficient (Wildman–Crippen LogP) is 3.28. The van der Waals surface area contributed by atoms with Gasteiger partial charge in [0.05, 0.1) is 5.56 Å². The lowest BCUT2D eigenvalue weighted by Gasteiger charge is -2.35. The van der Waals surface area contributed by atoms with Gasteiger partial charge >= 0.3 is 6.18 Å². The summed E-state index contributed by atoms with van der Waals surface area (Å²) in [5.74, 6) is 0. The van der Waals surface area contributed by atoms with E-state index in [0.29, 0.717) is 18.8 Å². The molecular weight excluding hydrogens is 361 g/mol. The Labute approximate surface area is 142 Å². The van der Waals surface area contributed by atoms with E-state index >= 15 is 0 Å². The summed E-state index contributed by atoms with van der Waals surface area (Å²) in [4.78, 5) is 1.77. The van der Waals surface area contributed by atoms with Gasteiger partial charge < -0.3 is 4.90 Å². The van der Waals surface area contributed by atoms with Crippen LogP contribution in [-0.4, -0.2) is 38.9 Å². The lowest BCUT2D eigenvalue weighted by Crippen LogP contribution is -2.48. The molecule has 0 amide bonds. The molecule has 4 nitrogen and oxygen atoms in total. The minimum Gasteiger partial charge on any atom is -0.369 e. The maximum absolute atomic E-state index is 12.8. The molecule has 2 heterocycles. The fraction of sp³-hybridized carbons (Fsp3) is 0.333. The summed E-state index contributed by atoms with van der Waals surface area (Å²) in [5.41, 5.74) is -0.244. The highest BCUT2D eigenvalue weighted by atomic mass is 32.2. The van der Waals surface area contributed by atoms with Gasteiger partial charge in [0.2, 0.25) is 0 Å². The standard InChI is InChI=1S/C15H15F3N2O2S2/c16-15(17,18)12-3-1-4-13(11-12)19-6-8-20(9-7-19)24(21,22)14-5-2-10-23-14/h1-5,10-11H,6-9H2. The normalized spacial score (nSPS) is 17.2. The summed E-state index contributed by atoms with van der Waals surface area (Å²) in [6.45, 7) is 1.20. The summed E-state index contributed by atoms with van der Waals surface area (Å²) in [6, 6.07) is 8.34. The van der Waals surface area contributed by atoms with Gasteiger partial charge in [-0.15, -0.1) is 11.3 Å². The molecule has 0 radical (unpaired) electrons. The fourth-order valence-electron chi connectivity index (χ4n) is 2.60. The number of sulfonamides is 1. The first-order chi connectivity index (χ1) is 11.3. The highest BCUT2D eigenvalue weighted by molar-refractivity contribution is 7.91. The van der Waals surface area contributed by atoms with Crippen LogP contribution in [0, 0.1) is 0 Å². The Hall–Kier alpha value is -1.58. The van der Waals surface area contributed by atoms with Gasteiger partial charge in [-0.25, -0.2) is 8.42 Å². The molecule has 1 saturated heterocycles. The van der Waals surface area contributed by atoms with E-state index in [2.05, 4.69) is 0 Å². The van der Waals surface area contributed by atoms with Crippen LogP contribution in [0.25, 0.3) is 0 Å². The second kappa shape index (κ2) is 6.38. The van der Waals surface area contributed by atoms with Crippen molar-refractivity contribution in [3.63, 3.8) is 0 Å². The predicted molar refractivity (Wildman–Crippen MR) is 86.7 cm³/mol. The molecule has 0 aliphatic carbocycles. The highest BCUT2D eigenvalue weighted by Crippen LogP contribution is 2.32. The Morgan fingerprint density at radius 3 is 2.29 bits per heavy atom. The topological polar surface area (TPSA) is 40.6 Å². The van der Waals surface area contributed by atoms with E-state index in [-0.39, 0.29) is 17.3 Å². The third-order valence-corrected chi connectivity index (χ3v) is 7.14. The smallest absolute Gasteiger partial charge is 0.369 e. The lowest BCUT2D eigenvalue weighted by atomic mass is 10.1. The Bertz CT molecular complexity index is 796. The van der Waals surface area contributed by atoms with Crippen LogP contribution >= 0.6 is 11.3 Å². The van der Waals surface area contributed by atoms with E-state index in [1.165, 1.54) is 10.4 Å². The van der Waals surface area contributed by atoms with Crippen LogP contribution in [0.1, 0.15) is 5.56 Å². The van der Waals surface area contributed by atoms with Gasteiger partial charge in [0.15, 0.2) is 0 Å². The average molecular weight is 376 g/mol. The van der Waals surface area contributed by atoms with E-state index in [4.69, 9.17) is 0 Å². The number of nitrogens with zero attached hydrogens (tertiary/aromatic N) is 2. The highest BCUT2D eigenvalue weighted by Gasteiger charge is 2.32. The number of piperazine rings is 1. The Morgan fingerprint density at radius 1 is 1.00 bits per heavy atom. The molecule has 1 aromatic carbocycles. The van der Waals surface area contributed by atoms with Gasteiger partial charge in [-0.1, -0.05) is 12.1 Å². The molecule has 0 saturated carbocycles. The van der Waals surface area contributed by atoms with E-state index in [9.17, 15) is 21.6 Å². The minimum absolute atomic E-state index is 0.247. The number of alkyl halides is 3. The number of hydrogen-bond donors (Lipinski definition) is 0. The third-order valence-electron chi connectivity index (χ3n) is 3.87. The molecule has 2 aromatic rings. The number of rotatable bonds is 3. The molecule has 1 aliphatic heterocycles. The monoisotopic (exact) mass is 376 g/mol. The largest absolute Gasteiger partial charge is 0.416 e. The SMILES string of the molecule is O=S(=O)(c1cccs1)N1CCN(c2cccc(C(F)(F)F)c2)CC1. The lowest BCUT2D eigenvalue weighted by molar-refractivity contribution is -0.137. The van der Waals surface area contributed by atoms with Crippen molar-refractivity contribution in [2.45, 2.75) is 10.4 Å². The first kappa shape index (κ1) is 17.2. The summed E-state index contributed by atoms with van der Waals surface area (Å²) < 4.78 is 65.0. The Morgan fingerprint density at radius 2 is 1.71 bits per heavy atom. The van der Waals surface area contributed by atoms with Crippen LogP contribution in [0.2, 0.25) is 0 Å². The van der Waals surface area contributed by atoms with Crippen LogP contribution < -0.4 is 4.90 Å². The van der Waals surface area contributed by atoms with Gasteiger partial charge in [-0.3, -0.25) is 0 Å². The molecule has 1 aliphatic rings. The van der Waals surface area contributed by atoms with Crippen molar-refractivity contribution in [3.8, 4) is 0 Å². The second-order valence-corrected chi connectivity index (χ2v) is 8.48. The quantitative estimate of drug-likeness (QED) is 0.826. The minimum atomic E-state index is -4.39. The molecule has 0 spiro atoms. The summed E-state index contributed by atoms with van der Waals surface area (Å²) in [6.07, 6.45) is -4.39. The van der Waals surface area contributed by atoms with Crippen LogP contribution in [-0.2, 0) is 16.2 Å². The summed E-state index contributed by atoms with van der Waals surface area (Å²) >= 11 is 1.16. The van der Waals surface area contributed by atoms with E-state index in [0.717, 1.165) is 23.5 Å². The third kappa shape index (κ3) is 3.42. The number of thiophene rings is 1. The molecule has 24 heavy (non-hydrogen) atoms. The van der Waals surface area contributed by atoms with Crippen molar-refractivity contribution in [3.05, 3.63) is 47.3 Å². The number of halogens is 3. The van der Waals surface area contributed by atoms with Crippen molar-refractivity contribution >= 4 is 27.0 Å². The van der Waals surface area contributed by atoms with Crippen molar-refractivity contribution in [2.75, 3.05) is 31.1 Å². The zero-order valence-corrected chi connectivity index (χ0v) is 14.2. The summed E-state index contributed by atoms with van der Waals surface area (Å²) in [5, 5.41) is 1.70. The molecule has 1 aromatic heterocycles. The molecule has 0 N–H and O–H groups in total. The van der Waals surface area contributed by atoms with Gasteiger partial charge in [0.25, 0.3) is 10.0 Å². The van der Waals surface area contributed by atoms with Gasteiger partial charge in [-0.2, -0.15) is 17.5 Å². The zero-order chi connectivity index (χ0) is 17.4. The van der Waals surface area contributed by atoms with Gasteiger partial charge in [0, 0.05) is 31.9 Å². The summed E-state index contributed by atoms with van der Waals surface area (Å²) in [7, 11) is -3.51. The number of hydrogen-bond acceptors (Lipinski definition) is 4. The maximum atomic E-state index is 12.8. The first-order valence-electron chi connectivity index (χ1n) is 7.24. The fourth-order valence-corrected chi connectivity index (χ4v) is 5.17. The van der Waals surface area contributed by atoms with E-state index in [1.807, 2.05) is 0 Å². The molecule has 9 heteroatoms. The first-order valence-corrected chi connectivity index (χ1v) is 9.56. The van der Waals surface area contributed by atoms with Crippen LogP contribution in [0.5, 0.6) is 0 Å². The molecule has 130 valence electrons. The second-order valence-electron chi connectivity index (χ2n) is 5.37. The van der Waals surface area contributed by atoms with Crippen molar-refractivity contribution < 1.29 is 21.6 Å². The molecule has 1 fully saturated rings. The molecule has 0 unspecified atom stereocenters. The maximum Gasteiger partial charge on any atom is 0.416 e. The van der Waals surface area contributed by atoms with E-state index in [1.54, 1.807) is 28.5 Å². The Balaban J connectivity index is 1.72. The van der Waals surface area contributed by atoms with Gasteiger partial charge in [-0.05, 0) is 29.6 Å². The molecular formula is C15H15F3N2O2S2. The average Bonchev–Trinajstić information content (AvgIpc) is 3.10. The zero-order valence-electron chi connectivity index (χ0n) is 12.5. The van der Waals surface area contributed by atoms with Crippen LogP contribution in [0.15, 0.2) is 46.0 Å².